The Bertz CT molecular complexity index is 436. The maximum absolute atomic E-state index is 10.5. The van der Waals surface area contributed by atoms with Crippen LogP contribution in [0.4, 0.5) is 0 Å². The standard InChI is InChI=1S/C7H6N4O2S/c12-6(13)3-5-4-9-10-11(5)7-8-1-2-14-7/h1-2,4H,3H2,(H,12,13). The Kier molecular flexibility index (Phi) is 2.23. The van der Waals surface area contributed by atoms with Crippen molar-refractivity contribution in [1.29, 1.82) is 0 Å². The molecule has 14 heavy (non-hydrogen) atoms. The van der Waals surface area contributed by atoms with Gasteiger partial charge in [0.15, 0.2) is 0 Å². The molecule has 2 aromatic rings. The summed E-state index contributed by atoms with van der Waals surface area (Å²) in [4.78, 5) is 14.5. The van der Waals surface area contributed by atoms with Gasteiger partial charge in [0, 0.05) is 11.6 Å². The van der Waals surface area contributed by atoms with Crippen LogP contribution >= 0.6 is 11.3 Å². The Morgan fingerprint density at radius 2 is 2.50 bits per heavy atom. The van der Waals surface area contributed by atoms with Crippen LogP contribution in [-0.2, 0) is 11.2 Å². The molecule has 2 rings (SSSR count). The van der Waals surface area contributed by atoms with Crippen LogP contribution in [0.5, 0.6) is 0 Å². The molecule has 0 amide bonds. The van der Waals surface area contributed by atoms with E-state index in [0.29, 0.717) is 10.8 Å². The molecule has 0 aliphatic heterocycles. The van der Waals surface area contributed by atoms with Crippen molar-refractivity contribution >= 4 is 17.3 Å². The molecule has 0 spiro atoms. The molecule has 0 saturated heterocycles. The highest BCUT2D eigenvalue weighted by Gasteiger charge is 2.10. The van der Waals surface area contributed by atoms with Gasteiger partial charge in [-0.1, -0.05) is 5.21 Å². The van der Waals surface area contributed by atoms with E-state index in [-0.39, 0.29) is 6.42 Å². The van der Waals surface area contributed by atoms with Crippen molar-refractivity contribution in [2.75, 3.05) is 0 Å². The molecule has 1 N–H and O–H groups in total. The maximum atomic E-state index is 10.5. The molecule has 0 aliphatic carbocycles. The fourth-order valence-corrected chi connectivity index (χ4v) is 1.63. The van der Waals surface area contributed by atoms with E-state index in [0.717, 1.165) is 0 Å². The highest BCUT2D eigenvalue weighted by Crippen LogP contribution is 2.12. The van der Waals surface area contributed by atoms with Crippen LogP contribution in [0.3, 0.4) is 0 Å². The molecule has 0 aliphatic rings. The number of hydrogen-bond donors (Lipinski definition) is 1. The van der Waals surface area contributed by atoms with Crippen molar-refractivity contribution in [3.63, 3.8) is 0 Å². The van der Waals surface area contributed by atoms with Crippen LogP contribution in [0.15, 0.2) is 17.8 Å². The summed E-state index contributed by atoms with van der Waals surface area (Å²) in [5, 5.41) is 18.4. The Labute approximate surface area is 82.8 Å². The Morgan fingerprint density at radius 3 is 3.14 bits per heavy atom. The van der Waals surface area contributed by atoms with Crippen LogP contribution in [0, 0.1) is 0 Å². The predicted octanol–water partition coefficient (Wildman–Crippen LogP) is 0.351. The van der Waals surface area contributed by atoms with E-state index in [1.165, 1.54) is 22.2 Å². The molecule has 2 aromatic heterocycles. The van der Waals surface area contributed by atoms with Gasteiger partial charge in [-0.25, -0.2) is 4.98 Å². The molecule has 0 radical (unpaired) electrons. The minimum absolute atomic E-state index is 0.105. The zero-order chi connectivity index (χ0) is 9.97. The first-order chi connectivity index (χ1) is 6.77. The van der Waals surface area contributed by atoms with Crippen LogP contribution < -0.4 is 0 Å². The highest BCUT2D eigenvalue weighted by atomic mass is 32.1. The van der Waals surface area contributed by atoms with Gasteiger partial charge in [0.2, 0.25) is 5.13 Å². The third kappa shape index (κ3) is 1.62. The zero-order valence-electron chi connectivity index (χ0n) is 6.99. The summed E-state index contributed by atoms with van der Waals surface area (Å²) in [5.41, 5.74) is 0.521. The Balaban J connectivity index is 2.35. The second-order valence-corrected chi connectivity index (χ2v) is 3.40. The summed E-state index contributed by atoms with van der Waals surface area (Å²) < 4.78 is 1.43. The van der Waals surface area contributed by atoms with Gasteiger partial charge >= 0.3 is 5.97 Å². The minimum Gasteiger partial charge on any atom is -0.481 e. The number of nitrogens with zero attached hydrogens (tertiary/aromatic N) is 4. The summed E-state index contributed by atoms with van der Waals surface area (Å²) in [6.07, 6.45) is 2.95. The molecule has 0 fully saturated rings. The van der Waals surface area contributed by atoms with Gasteiger partial charge in [-0.15, -0.1) is 16.4 Å². The van der Waals surface area contributed by atoms with E-state index in [1.54, 1.807) is 11.6 Å². The topological polar surface area (TPSA) is 80.9 Å². The molecule has 72 valence electrons. The number of hydrogen-bond acceptors (Lipinski definition) is 5. The zero-order valence-corrected chi connectivity index (χ0v) is 7.81. The first kappa shape index (κ1) is 8.82. The van der Waals surface area contributed by atoms with Crippen molar-refractivity contribution < 1.29 is 9.90 Å². The van der Waals surface area contributed by atoms with E-state index in [9.17, 15) is 4.79 Å². The molecule has 0 aromatic carbocycles. The maximum Gasteiger partial charge on any atom is 0.309 e. The van der Waals surface area contributed by atoms with Gasteiger partial charge in [0.25, 0.3) is 0 Å². The third-order valence-corrected chi connectivity index (χ3v) is 2.30. The van der Waals surface area contributed by atoms with Crippen LogP contribution in [0.2, 0.25) is 0 Å². The first-order valence-corrected chi connectivity index (χ1v) is 4.66. The molecule has 7 heteroatoms. The van der Waals surface area contributed by atoms with E-state index < -0.39 is 5.97 Å². The van der Waals surface area contributed by atoms with Crippen molar-refractivity contribution in [2.45, 2.75) is 6.42 Å². The lowest BCUT2D eigenvalue weighted by Crippen LogP contribution is -2.07. The molecule has 0 saturated carbocycles. The number of aromatic nitrogens is 4. The van der Waals surface area contributed by atoms with Gasteiger partial charge in [-0.2, -0.15) is 4.68 Å². The Hall–Kier alpha value is -1.76. The van der Waals surface area contributed by atoms with E-state index in [4.69, 9.17) is 5.11 Å². The lowest BCUT2D eigenvalue weighted by atomic mass is 10.3. The number of carboxylic acids is 1. The van der Waals surface area contributed by atoms with E-state index in [2.05, 4.69) is 15.3 Å². The third-order valence-electron chi connectivity index (χ3n) is 1.55. The normalized spacial score (nSPS) is 10.3. The van der Waals surface area contributed by atoms with Gasteiger partial charge < -0.3 is 5.11 Å². The largest absolute Gasteiger partial charge is 0.481 e. The number of carboxylic acid groups (broad SMARTS) is 1. The van der Waals surface area contributed by atoms with Crippen LogP contribution in [0.25, 0.3) is 5.13 Å². The van der Waals surface area contributed by atoms with Crippen LogP contribution in [0.1, 0.15) is 5.69 Å². The number of carbonyl (C=O) groups is 1. The molecular weight excluding hydrogens is 204 g/mol. The summed E-state index contributed by atoms with van der Waals surface area (Å²) >= 11 is 1.38. The quantitative estimate of drug-likeness (QED) is 0.790. The van der Waals surface area contributed by atoms with Gasteiger partial charge in [0.05, 0.1) is 18.3 Å². The fourth-order valence-electron chi connectivity index (χ4n) is 1.01. The molecule has 0 atom stereocenters. The minimum atomic E-state index is -0.912. The molecule has 6 nitrogen and oxygen atoms in total. The van der Waals surface area contributed by atoms with Crippen molar-refractivity contribution in [3.8, 4) is 5.13 Å². The predicted molar refractivity (Wildman–Crippen MR) is 48.4 cm³/mol. The average Bonchev–Trinajstić information content (AvgIpc) is 2.70. The number of thiazole rings is 1. The summed E-state index contributed by atoms with van der Waals surface area (Å²) in [7, 11) is 0. The van der Waals surface area contributed by atoms with Gasteiger partial charge in [-0.3, -0.25) is 4.79 Å². The SMILES string of the molecule is O=C(O)Cc1cnnn1-c1nccs1. The van der Waals surface area contributed by atoms with Crippen molar-refractivity contribution in [1.82, 2.24) is 20.0 Å². The second-order valence-electron chi connectivity index (χ2n) is 2.52. The molecule has 0 bridgehead atoms. The molecule has 2 heterocycles. The van der Waals surface area contributed by atoms with E-state index in [1.807, 2.05) is 0 Å². The van der Waals surface area contributed by atoms with Gasteiger partial charge in [0.1, 0.15) is 0 Å². The lowest BCUT2D eigenvalue weighted by Gasteiger charge is -1.98. The molecular formula is C7H6N4O2S. The van der Waals surface area contributed by atoms with Crippen molar-refractivity contribution in [3.05, 3.63) is 23.5 Å². The number of aliphatic carboxylic acids is 1. The average molecular weight is 210 g/mol. The van der Waals surface area contributed by atoms with E-state index >= 15 is 0 Å². The second kappa shape index (κ2) is 3.54. The monoisotopic (exact) mass is 210 g/mol. The Morgan fingerprint density at radius 1 is 1.64 bits per heavy atom. The fraction of sp³-hybridized carbons (Fsp3) is 0.143. The first-order valence-electron chi connectivity index (χ1n) is 3.78. The summed E-state index contributed by atoms with van der Waals surface area (Å²) in [6.45, 7) is 0. The highest BCUT2D eigenvalue weighted by molar-refractivity contribution is 7.12. The summed E-state index contributed by atoms with van der Waals surface area (Å²) in [6, 6.07) is 0. The smallest absolute Gasteiger partial charge is 0.309 e. The molecule has 0 unspecified atom stereocenters. The van der Waals surface area contributed by atoms with Crippen LogP contribution in [-0.4, -0.2) is 31.1 Å². The summed E-state index contributed by atoms with van der Waals surface area (Å²) in [5.74, 6) is -0.912. The van der Waals surface area contributed by atoms with Gasteiger partial charge in [-0.05, 0) is 0 Å². The van der Waals surface area contributed by atoms with Crippen molar-refractivity contribution in [2.24, 2.45) is 0 Å². The number of rotatable bonds is 3. The lowest BCUT2D eigenvalue weighted by molar-refractivity contribution is -0.136.